The van der Waals surface area contributed by atoms with E-state index in [-0.39, 0.29) is 11.7 Å². The zero-order chi connectivity index (χ0) is 41.1. The van der Waals surface area contributed by atoms with E-state index in [1.54, 1.807) is 4.90 Å². The molecule has 0 spiro atoms. The maximum Gasteiger partial charge on any atom is 0.413 e. The van der Waals surface area contributed by atoms with Crippen LogP contribution in [0, 0.1) is 5.92 Å². The molecule has 0 saturated carbocycles. The molecule has 1 saturated heterocycles. The van der Waals surface area contributed by atoms with Gasteiger partial charge in [0.1, 0.15) is 5.72 Å². The highest BCUT2D eigenvalue weighted by Crippen LogP contribution is 2.36. The van der Waals surface area contributed by atoms with Crippen molar-refractivity contribution in [1.29, 1.82) is 0 Å². The summed E-state index contributed by atoms with van der Waals surface area (Å²) in [6.45, 7) is 14.7. The minimum Gasteiger partial charge on any atom is -0.436 e. The fourth-order valence-electron chi connectivity index (χ4n) is 8.39. The Kier molecular flexibility index (Phi) is 14.4. The lowest BCUT2D eigenvalue weighted by atomic mass is 9.88. The summed E-state index contributed by atoms with van der Waals surface area (Å²) in [5.74, 6) is 0.0740. The number of hydrogen-bond donors (Lipinski definition) is 0. The molecule has 6 rings (SSSR count). The molecule has 1 fully saturated rings. The third-order valence-electron chi connectivity index (χ3n) is 11.1. The van der Waals surface area contributed by atoms with Crippen LogP contribution in [0.25, 0.3) is 0 Å². The standard InChI is InChI=1S/C51H61N3O4/c1-39(2)32-46(53(36-43-28-18-10-19-29-43)37-44-30-20-11-21-31-44)48(58-49(56)54-50(3,4)38-57-51(54,5)6)47(55)45(33-40-22-12-7-13-23-40)52(34-41-24-14-8-15-25-41)35-42-26-16-9-17-27-42/h7-31,39,45-46,48H,32-38H2,1-6H3/t45-,46-,48-/m0/s1. The third-order valence-corrected chi connectivity index (χ3v) is 11.1. The molecule has 5 aromatic rings. The first-order valence-electron chi connectivity index (χ1n) is 20.8. The van der Waals surface area contributed by atoms with E-state index in [4.69, 9.17) is 9.47 Å². The Balaban J connectivity index is 1.51. The maximum atomic E-state index is 16.2. The number of Topliss-reactive ketones (excluding diaryl/α,β-unsaturated/α-hetero) is 1. The molecule has 0 N–H and O–H groups in total. The molecule has 5 aromatic carbocycles. The molecular weight excluding hydrogens is 719 g/mol. The fraction of sp³-hybridized carbons (Fsp3) is 0.373. The molecule has 1 aliphatic heterocycles. The zero-order valence-corrected chi connectivity index (χ0v) is 35.2. The Morgan fingerprint density at radius 2 is 0.983 bits per heavy atom. The van der Waals surface area contributed by atoms with E-state index in [1.807, 2.05) is 94.4 Å². The summed E-state index contributed by atoms with van der Waals surface area (Å²) in [7, 11) is 0. The van der Waals surface area contributed by atoms with Gasteiger partial charge in [-0.25, -0.2) is 4.79 Å². The van der Waals surface area contributed by atoms with E-state index in [9.17, 15) is 4.79 Å². The normalized spacial score (nSPS) is 16.3. The smallest absolute Gasteiger partial charge is 0.413 e. The molecule has 1 aliphatic rings. The number of nitrogens with zero attached hydrogens (tertiary/aromatic N) is 3. The molecule has 0 unspecified atom stereocenters. The number of ether oxygens (including phenoxy) is 2. The average Bonchev–Trinajstić information content (AvgIpc) is 3.45. The monoisotopic (exact) mass is 779 g/mol. The van der Waals surface area contributed by atoms with Crippen molar-refractivity contribution >= 4 is 11.9 Å². The van der Waals surface area contributed by atoms with Crippen LogP contribution in [0.3, 0.4) is 0 Å². The number of benzene rings is 5. The van der Waals surface area contributed by atoms with Crippen molar-refractivity contribution in [2.45, 2.75) is 110 Å². The molecule has 58 heavy (non-hydrogen) atoms. The first-order chi connectivity index (χ1) is 27.9. The van der Waals surface area contributed by atoms with Gasteiger partial charge < -0.3 is 9.47 Å². The lowest BCUT2D eigenvalue weighted by Gasteiger charge is -2.42. The minimum absolute atomic E-state index is 0.114. The van der Waals surface area contributed by atoms with Gasteiger partial charge in [0, 0.05) is 26.2 Å². The SMILES string of the molecule is CC(C)C[C@@H]([C@H](OC(=O)N1C(C)(C)COC1(C)C)C(=O)[C@H](Cc1ccccc1)N(Cc1ccccc1)Cc1ccccc1)N(Cc1ccccc1)Cc1ccccc1. The van der Waals surface area contributed by atoms with Crippen molar-refractivity contribution in [3.63, 3.8) is 0 Å². The van der Waals surface area contributed by atoms with Gasteiger partial charge in [-0.3, -0.25) is 19.5 Å². The van der Waals surface area contributed by atoms with E-state index in [0.717, 1.165) is 27.8 Å². The van der Waals surface area contributed by atoms with Gasteiger partial charge in [0.05, 0.1) is 24.2 Å². The van der Waals surface area contributed by atoms with Gasteiger partial charge in [-0.05, 0) is 74.3 Å². The number of carbonyl (C=O) groups is 2. The molecule has 1 heterocycles. The molecule has 0 radical (unpaired) electrons. The summed E-state index contributed by atoms with van der Waals surface area (Å²) in [6.07, 6.45) is -0.585. The van der Waals surface area contributed by atoms with Crippen LogP contribution in [-0.2, 0) is 46.9 Å². The van der Waals surface area contributed by atoms with Gasteiger partial charge in [0.25, 0.3) is 0 Å². The van der Waals surface area contributed by atoms with E-state index < -0.39 is 35.5 Å². The van der Waals surface area contributed by atoms with Crippen molar-refractivity contribution in [1.82, 2.24) is 14.7 Å². The Hall–Kier alpha value is -5.08. The number of amides is 1. The van der Waals surface area contributed by atoms with Crippen LogP contribution in [-0.4, -0.2) is 62.6 Å². The van der Waals surface area contributed by atoms with Crippen LogP contribution in [0.5, 0.6) is 0 Å². The topological polar surface area (TPSA) is 62.3 Å². The third kappa shape index (κ3) is 11.3. The molecule has 0 aliphatic carbocycles. The molecule has 7 heteroatoms. The van der Waals surface area contributed by atoms with Crippen molar-refractivity contribution in [3.8, 4) is 0 Å². The number of carbonyl (C=O) groups excluding carboxylic acids is 2. The largest absolute Gasteiger partial charge is 0.436 e. The lowest BCUT2D eigenvalue weighted by Crippen LogP contribution is -2.59. The zero-order valence-electron chi connectivity index (χ0n) is 35.2. The molecule has 0 aromatic heterocycles. The highest BCUT2D eigenvalue weighted by atomic mass is 16.6. The van der Waals surface area contributed by atoms with Crippen LogP contribution < -0.4 is 0 Å². The molecule has 0 bridgehead atoms. The van der Waals surface area contributed by atoms with Crippen LogP contribution in [0.4, 0.5) is 4.79 Å². The van der Waals surface area contributed by atoms with Crippen molar-refractivity contribution in [2.24, 2.45) is 5.92 Å². The van der Waals surface area contributed by atoms with Crippen molar-refractivity contribution in [2.75, 3.05) is 6.61 Å². The Labute approximate surface area is 346 Å². The van der Waals surface area contributed by atoms with Crippen molar-refractivity contribution < 1.29 is 19.1 Å². The van der Waals surface area contributed by atoms with Crippen LogP contribution in [0.15, 0.2) is 152 Å². The van der Waals surface area contributed by atoms with Crippen LogP contribution in [0.2, 0.25) is 0 Å². The van der Waals surface area contributed by atoms with Gasteiger partial charge >= 0.3 is 6.09 Å². The predicted molar refractivity (Wildman–Crippen MR) is 233 cm³/mol. The summed E-state index contributed by atoms with van der Waals surface area (Å²) in [5, 5.41) is 0. The number of ketones is 1. The first kappa shape index (κ1) is 42.5. The highest BCUT2D eigenvalue weighted by molar-refractivity contribution is 5.91. The van der Waals surface area contributed by atoms with Gasteiger partial charge in [-0.1, -0.05) is 166 Å². The maximum absolute atomic E-state index is 16.2. The van der Waals surface area contributed by atoms with Crippen LogP contribution in [0.1, 0.15) is 75.8 Å². The first-order valence-corrected chi connectivity index (χ1v) is 20.8. The summed E-state index contributed by atoms with van der Waals surface area (Å²) in [5.41, 5.74) is 3.91. The summed E-state index contributed by atoms with van der Waals surface area (Å²) in [6, 6.07) is 50.5. The second-order valence-corrected chi connectivity index (χ2v) is 17.2. The average molecular weight is 780 g/mol. The Morgan fingerprint density at radius 1 is 0.603 bits per heavy atom. The summed E-state index contributed by atoms with van der Waals surface area (Å²) >= 11 is 0. The quantitative estimate of drug-likeness (QED) is 0.0883. The predicted octanol–water partition coefficient (Wildman–Crippen LogP) is 10.3. The lowest BCUT2D eigenvalue weighted by molar-refractivity contribution is -0.141. The Morgan fingerprint density at radius 3 is 1.34 bits per heavy atom. The second-order valence-electron chi connectivity index (χ2n) is 17.2. The highest BCUT2D eigenvalue weighted by Gasteiger charge is 2.52. The molecule has 1 amide bonds. The van der Waals surface area contributed by atoms with Gasteiger partial charge in [-0.2, -0.15) is 0 Å². The van der Waals surface area contributed by atoms with E-state index >= 15 is 4.79 Å². The van der Waals surface area contributed by atoms with E-state index in [0.29, 0.717) is 45.6 Å². The molecule has 304 valence electrons. The fourth-order valence-corrected chi connectivity index (χ4v) is 8.39. The van der Waals surface area contributed by atoms with E-state index in [1.165, 1.54) is 0 Å². The second kappa shape index (κ2) is 19.6. The summed E-state index contributed by atoms with van der Waals surface area (Å²) in [4.78, 5) is 37.4. The number of hydrogen-bond acceptors (Lipinski definition) is 6. The number of rotatable bonds is 18. The molecule has 7 nitrogen and oxygen atoms in total. The molecule has 3 atom stereocenters. The van der Waals surface area contributed by atoms with Gasteiger partial charge in [0.2, 0.25) is 0 Å². The summed E-state index contributed by atoms with van der Waals surface area (Å²) < 4.78 is 13.0. The van der Waals surface area contributed by atoms with Gasteiger partial charge in [-0.15, -0.1) is 0 Å². The minimum atomic E-state index is -1.11. The van der Waals surface area contributed by atoms with E-state index in [2.05, 4.69) is 109 Å². The molecular formula is C51H61N3O4. The van der Waals surface area contributed by atoms with Crippen molar-refractivity contribution in [3.05, 3.63) is 179 Å². The van der Waals surface area contributed by atoms with Gasteiger partial charge in [0.15, 0.2) is 11.9 Å². The van der Waals surface area contributed by atoms with Crippen LogP contribution >= 0.6 is 0 Å². The Bertz CT molecular complexity index is 1910.